The summed E-state index contributed by atoms with van der Waals surface area (Å²) in [5.41, 5.74) is 0. The Morgan fingerprint density at radius 2 is 1.78 bits per heavy atom. The number of nitrogens with one attached hydrogen (secondary N) is 1. The van der Waals surface area contributed by atoms with Gasteiger partial charge in [-0.25, -0.2) is 4.79 Å². The largest absolute Gasteiger partial charge is 0.484 e. The molecule has 1 N–H and O–H groups in total. The van der Waals surface area contributed by atoms with Gasteiger partial charge < -0.3 is 19.9 Å². The maximum absolute atomic E-state index is 12.3. The number of rotatable bonds is 5. The van der Waals surface area contributed by atoms with Crippen molar-refractivity contribution in [2.75, 3.05) is 39.3 Å². The fourth-order valence-corrected chi connectivity index (χ4v) is 2.47. The van der Waals surface area contributed by atoms with Crippen molar-refractivity contribution in [3.05, 3.63) is 30.3 Å². The molecule has 0 radical (unpaired) electrons. The molecule has 1 aromatic carbocycles. The van der Waals surface area contributed by atoms with Crippen molar-refractivity contribution < 1.29 is 14.3 Å². The van der Waals surface area contributed by atoms with Gasteiger partial charge in [0.25, 0.3) is 5.91 Å². The molecule has 1 heterocycles. The molecular weight excluding hydrogens is 294 g/mol. The van der Waals surface area contributed by atoms with Gasteiger partial charge in [-0.15, -0.1) is 0 Å². The molecule has 0 aliphatic carbocycles. The van der Waals surface area contributed by atoms with Gasteiger partial charge in [0.1, 0.15) is 5.75 Å². The van der Waals surface area contributed by atoms with Crippen LogP contribution in [0.15, 0.2) is 30.3 Å². The average Bonchev–Trinajstić information content (AvgIpc) is 2.84. The monoisotopic (exact) mass is 319 g/mol. The zero-order valence-electron chi connectivity index (χ0n) is 13.7. The summed E-state index contributed by atoms with van der Waals surface area (Å²) in [4.78, 5) is 27.8. The second kappa shape index (κ2) is 9.02. The lowest BCUT2D eigenvalue weighted by molar-refractivity contribution is -0.133. The molecule has 1 aliphatic rings. The van der Waals surface area contributed by atoms with Crippen LogP contribution in [0.3, 0.4) is 0 Å². The summed E-state index contributed by atoms with van der Waals surface area (Å²) in [5.74, 6) is 0.654. The summed E-state index contributed by atoms with van der Waals surface area (Å²) >= 11 is 0. The summed E-state index contributed by atoms with van der Waals surface area (Å²) in [7, 11) is 0. The summed E-state index contributed by atoms with van der Waals surface area (Å²) < 4.78 is 5.51. The van der Waals surface area contributed by atoms with E-state index in [0.717, 1.165) is 12.8 Å². The quantitative estimate of drug-likeness (QED) is 0.899. The summed E-state index contributed by atoms with van der Waals surface area (Å²) in [5, 5.41) is 2.88. The number of amides is 3. The second-order valence-electron chi connectivity index (χ2n) is 5.56. The number of carbonyl (C=O) groups excluding carboxylic acids is 2. The van der Waals surface area contributed by atoms with E-state index in [9.17, 15) is 9.59 Å². The van der Waals surface area contributed by atoms with Crippen molar-refractivity contribution in [3.63, 3.8) is 0 Å². The van der Waals surface area contributed by atoms with Crippen LogP contribution >= 0.6 is 0 Å². The standard InChI is InChI=1S/C17H25N3O3/c1-2-9-18-17(22)20-11-6-10-19(12-13-20)16(21)14-23-15-7-4-3-5-8-15/h3-5,7-8H,2,6,9-14H2,1H3,(H,18,22). The van der Waals surface area contributed by atoms with Crippen LogP contribution in [-0.2, 0) is 4.79 Å². The topological polar surface area (TPSA) is 61.9 Å². The zero-order valence-corrected chi connectivity index (χ0v) is 13.7. The number of nitrogens with zero attached hydrogens (tertiary/aromatic N) is 2. The average molecular weight is 319 g/mol. The van der Waals surface area contributed by atoms with Crippen molar-refractivity contribution in [3.8, 4) is 5.75 Å². The van der Waals surface area contributed by atoms with E-state index in [1.54, 1.807) is 9.80 Å². The van der Waals surface area contributed by atoms with Crippen molar-refractivity contribution >= 4 is 11.9 Å². The van der Waals surface area contributed by atoms with Crippen molar-refractivity contribution in [2.24, 2.45) is 0 Å². The van der Waals surface area contributed by atoms with Crippen molar-refractivity contribution in [1.29, 1.82) is 0 Å². The number of urea groups is 1. The number of ether oxygens (including phenoxy) is 1. The Bertz CT molecular complexity index is 507. The first-order valence-corrected chi connectivity index (χ1v) is 8.19. The molecule has 1 saturated heterocycles. The molecule has 23 heavy (non-hydrogen) atoms. The molecule has 1 fully saturated rings. The highest BCUT2D eigenvalue weighted by atomic mass is 16.5. The molecule has 0 spiro atoms. The summed E-state index contributed by atoms with van der Waals surface area (Å²) in [6, 6.07) is 9.27. The third-order valence-electron chi connectivity index (χ3n) is 3.77. The summed E-state index contributed by atoms with van der Waals surface area (Å²) in [6.07, 6.45) is 1.71. The molecule has 0 aromatic heterocycles. The number of hydrogen-bond donors (Lipinski definition) is 1. The van der Waals surface area contributed by atoms with E-state index >= 15 is 0 Å². The molecule has 0 bridgehead atoms. The number of hydrogen-bond acceptors (Lipinski definition) is 3. The Balaban J connectivity index is 1.78. The van der Waals surface area contributed by atoms with E-state index in [0.29, 0.717) is 38.5 Å². The van der Waals surface area contributed by atoms with Crippen LogP contribution in [0.25, 0.3) is 0 Å². The van der Waals surface area contributed by atoms with E-state index in [-0.39, 0.29) is 18.5 Å². The van der Waals surface area contributed by atoms with Gasteiger partial charge in [0.2, 0.25) is 0 Å². The van der Waals surface area contributed by atoms with Crippen LogP contribution in [0, 0.1) is 0 Å². The predicted molar refractivity (Wildman–Crippen MR) is 88.4 cm³/mol. The van der Waals surface area contributed by atoms with Crippen molar-refractivity contribution in [1.82, 2.24) is 15.1 Å². The maximum atomic E-state index is 12.3. The minimum absolute atomic E-state index is 0.0338. The molecule has 1 aliphatic heterocycles. The zero-order chi connectivity index (χ0) is 16.5. The van der Waals surface area contributed by atoms with E-state index in [4.69, 9.17) is 4.74 Å². The second-order valence-corrected chi connectivity index (χ2v) is 5.56. The van der Waals surface area contributed by atoms with Crippen LogP contribution in [0.2, 0.25) is 0 Å². The Kier molecular flexibility index (Phi) is 6.72. The highest BCUT2D eigenvalue weighted by molar-refractivity contribution is 5.78. The number of carbonyl (C=O) groups is 2. The molecule has 6 heteroatoms. The van der Waals surface area contributed by atoms with Gasteiger partial charge in [-0.05, 0) is 25.0 Å². The van der Waals surface area contributed by atoms with Gasteiger partial charge in [-0.3, -0.25) is 4.79 Å². The number of para-hydroxylation sites is 1. The highest BCUT2D eigenvalue weighted by Gasteiger charge is 2.21. The van der Waals surface area contributed by atoms with E-state index in [1.807, 2.05) is 37.3 Å². The van der Waals surface area contributed by atoms with Crippen LogP contribution in [-0.4, -0.2) is 61.1 Å². The molecule has 2 rings (SSSR count). The van der Waals surface area contributed by atoms with E-state index < -0.39 is 0 Å². The number of benzene rings is 1. The summed E-state index contributed by atoms with van der Waals surface area (Å²) in [6.45, 7) is 5.20. The lowest BCUT2D eigenvalue weighted by atomic mass is 10.3. The Morgan fingerprint density at radius 1 is 1.09 bits per heavy atom. The third kappa shape index (κ3) is 5.47. The van der Waals surface area contributed by atoms with Gasteiger partial charge in [-0.1, -0.05) is 25.1 Å². The molecular formula is C17H25N3O3. The van der Waals surface area contributed by atoms with Crippen molar-refractivity contribution in [2.45, 2.75) is 19.8 Å². The van der Waals surface area contributed by atoms with Crippen LogP contribution < -0.4 is 10.1 Å². The maximum Gasteiger partial charge on any atom is 0.317 e. The van der Waals surface area contributed by atoms with Crippen LogP contribution in [0.5, 0.6) is 5.75 Å². The molecule has 1 aromatic rings. The third-order valence-corrected chi connectivity index (χ3v) is 3.77. The molecule has 3 amide bonds. The van der Waals surface area contributed by atoms with E-state index in [1.165, 1.54) is 0 Å². The van der Waals surface area contributed by atoms with Crippen LogP contribution in [0.4, 0.5) is 4.79 Å². The van der Waals surface area contributed by atoms with Crippen LogP contribution in [0.1, 0.15) is 19.8 Å². The first-order chi connectivity index (χ1) is 11.2. The Hall–Kier alpha value is -2.24. The smallest absolute Gasteiger partial charge is 0.317 e. The fraction of sp³-hybridized carbons (Fsp3) is 0.529. The first-order valence-electron chi connectivity index (χ1n) is 8.19. The van der Waals surface area contributed by atoms with Gasteiger partial charge >= 0.3 is 6.03 Å². The lowest BCUT2D eigenvalue weighted by Gasteiger charge is -2.22. The fourth-order valence-electron chi connectivity index (χ4n) is 2.47. The highest BCUT2D eigenvalue weighted by Crippen LogP contribution is 2.09. The van der Waals surface area contributed by atoms with Gasteiger partial charge in [0, 0.05) is 32.7 Å². The van der Waals surface area contributed by atoms with E-state index in [2.05, 4.69) is 5.32 Å². The molecule has 126 valence electrons. The van der Waals surface area contributed by atoms with Gasteiger partial charge in [-0.2, -0.15) is 0 Å². The Labute approximate surface area is 137 Å². The normalized spacial score (nSPS) is 15.0. The van der Waals surface area contributed by atoms with Gasteiger partial charge in [0.15, 0.2) is 6.61 Å². The SMILES string of the molecule is CCCNC(=O)N1CCCN(C(=O)COc2ccccc2)CC1. The minimum atomic E-state index is -0.0401. The Morgan fingerprint density at radius 3 is 2.52 bits per heavy atom. The molecule has 0 atom stereocenters. The first kappa shape index (κ1) is 17.1. The minimum Gasteiger partial charge on any atom is -0.484 e. The molecule has 6 nitrogen and oxygen atoms in total. The van der Waals surface area contributed by atoms with Gasteiger partial charge in [0.05, 0.1) is 0 Å². The molecule has 0 unspecified atom stereocenters. The lowest BCUT2D eigenvalue weighted by Crippen LogP contribution is -2.43. The predicted octanol–water partition coefficient (Wildman–Crippen LogP) is 1.72. The molecule has 0 saturated carbocycles.